The number of H-pyrrole nitrogens is 1. The number of nitrogens with zero attached hydrogens (tertiary/aromatic N) is 5. The van der Waals surface area contributed by atoms with Crippen molar-refractivity contribution in [2.24, 2.45) is 0 Å². The summed E-state index contributed by atoms with van der Waals surface area (Å²) >= 11 is 12.1. The highest BCUT2D eigenvalue weighted by molar-refractivity contribution is 6.34. The molecule has 4 aromatic heterocycles. The van der Waals surface area contributed by atoms with E-state index in [2.05, 4.69) is 25.3 Å². The first-order valence-corrected chi connectivity index (χ1v) is 8.64. The molecule has 0 spiro atoms. The van der Waals surface area contributed by atoms with Crippen molar-refractivity contribution in [2.75, 3.05) is 0 Å². The fourth-order valence-corrected chi connectivity index (χ4v) is 2.99. The van der Waals surface area contributed by atoms with Crippen LogP contribution in [-0.4, -0.2) is 29.8 Å². The smallest absolute Gasteiger partial charge is 0.217 e. The topological polar surface area (TPSA) is 94.1 Å². The first kappa shape index (κ1) is 16.1. The van der Waals surface area contributed by atoms with Gasteiger partial charge in [-0.25, -0.2) is 14.5 Å². The van der Waals surface area contributed by atoms with Gasteiger partial charge in [-0.2, -0.15) is 5.10 Å². The lowest BCUT2D eigenvalue weighted by Gasteiger charge is -2.06. The fourth-order valence-electron chi connectivity index (χ4n) is 2.66. The monoisotopic (exact) mass is 400 g/mol. The van der Waals surface area contributed by atoms with E-state index in [-0.39, 0.29) is 6.61 Å². The predicted molar refractivity (Wildman–Crippen MR) is 98.9 cm³/mol. The number of nitrogens with one attached hydrogen (secondary N) is 1. The van der Waals surface area contributed by atoms with Crippen molar-refractivity contribution in [2.45, 2.75) is 6.61 Å². The number of ether oxygens (including phenoxy) is 1. The Morgan fingerprint density at radius 2 is 2.11 bits per heavy atom. The van der Waals surface area contributed by atoms with Gasteiger partial charge in [-0.1, -0.05) is 23.2 Å². The second kappa shape index (κ2) is 6.26. The number of benzene rings is 1. The van der Waals surface area contributed by atoms with Gasteiger partial charge in [0.2, 0.25) is 5.82 Å². The maximum atomic E-state index is 6.10. The van der Waals surface area contributed by atoms with Crippen molar-refractivity contribution >= 4 is 39.9 Å². The van der Waals surface area contributed by atoms with Crippen LogP contribution in [0.15, 0.2) is 47.3 Å². The average Bonchev–Trinajstić information content (AvgIpc) is 3.39. The normalized spacial score (nSPS) is 11.5. The lowest BCUT2D eigenvalue weighted by atomic mass is 10.3. The molecule has 5 rings (SSSR count). The largest absolute Gasteiger partial charge is 0.484 e. The van der Waals surface area contributed by atoms with Gasteiger partial charge in [0.15, 0.2) is 17.1 Å². The summed E-state index contributed by atoms with van der Waals surface area (Å²) in [4.78, 5) is 8.75. The van der Waals surface area contributed by atoms with Crippen molar-refractivity contribution in [3.63, 3.8) is 0 Å². The third-order valence-corrected chi connectivity index (χ3v) is 4.48. The van der Waals surface area contributed by atoms with Crippen LogP contribution in [0.2, 0.25) is 10.0 Å². The van der Waals surface area contributed by atoms with Gasteiger partial charge in [-0.05, 0) is 24.3 Å². The average molecular weight is 401 g/mol. The highest BCUT2D eigenvalue weighted by Gasteiger charge is 2.14. The van der Waals surface area contributed by atoms with Gasteiger partial charge in [0.25, 0.3) is 0 Å². The molecule has 0 amide bonds. The molecule has 0 aliphatic carbocycles. The molecule has 1 N–H and O–H groups in total. The van der Waals surface area contributed by atoms with Crippen LogP contribution in [0.1, 0.15) is 5.76 Å². The molecular formula is C17H10Cl2N6O2. The lowest BCUT2D eigenvalue weighted by Crippen LogP contribution is -1.94. The Kier molecular flexibility index (Phi) is 3.73. The van der Waals surface area contributed by atoms with Crippen LogP contribution < -0.4 is 4.74 Å². The van der Waals surface area contributed by atoms with Gasteiger partial charge in [0.05, 0.1) is 16.6 Å². The van der Waals surface area contributed by atoms with Crippen LogP contribution in [0.5, 0.6) is 5.75 Å². The molecule has 1 aromatic carbocycles. The lowest BCUT2D eigenvalue weighted by molar-refractivity contribution is 0.272. The van der Waals surface area contributed by atoms with Crippen LogP contribution in [0.3, 0.4) is 0 Å². The summed E-state index contributed by atoms with van der Waals surface area (Å²) in [5.41, 5.74) is 1.29. The highest BCUT2D eigenvalue weighted by Crippen LogP contribution is 2.29. The van der Waals surface area contributed by atoms with E-state index in [0.717, 1.165) is 5.39 Å². The van der Waals surface area contributed by atoms with Gasteiger partial charge in [0.1, 0.15) is 24.4 Å². The molecular weight excluding hydrogens is 391 g/mol. The van der Waals surface area contributed by atoms with E-state index in [1.54, 1.807) is 47.4 Å². The molecule has 0 aliphatic heterocycles. The van der Waals surface area contributed by atoms with Gasteiger partial charge < -0.3 is 9.15 Å². The summed E-state index contributed by atoms with van der Waals surface area (Å²) in [6.45, 7) is 0.195. The molecule has 0 fully saturated rings. The minimum Gasteiger partial charge on any atom is -0.484 e. The SMILES string of the molecule is Clc1ccc(Cl)c(OCc2ccc(-c3nc4c5cn[nH]c5ncn4n3)o2)c1. The van der Waals surface area contributed by atoms with Crippen molar-refractivity contribution < 1.29 is 9.15 Å². The Morgan fingerprint density at radius 1 is 1.19 bits per heavy atom. The molecule has 8 nitrogen and oxygen atoms in total. The summed E-state index contributed by atoms with van der Waals surface area (Å²) in [7, 11) is 0. The molecule has 0 atom stereocenters. The van der Waals surface area contributed by atoms with Crippen LogP contribution in [0.25, 0.3) is 28.3 Å². The van der Waals surface area contributed by atoms with Crippen molar-refractivity contribution in [1.82, 2.24) is 29.8 Å². The first-order valence-electron chi connectivity index (χ1n) is 7.89. The number of hydrogen-bond donors (Lipinski definition) is 1. The first-order chi connectivity index (χ1) is 13.2. The zero-order valence-electron chi connectivity index (χ0n) is 13.6. The minimum atomic E-state index is 0.195. The summed E-state index contributed by atoms with van der Waals surface area (Å²) in [5.74, 6) is 2.05. The minimum absolute atomic E-state index is 0.195. The van der Waals surface area contributed by atoms with E-state index in [0.29, 0.717) is 44.4 Å². The number of hydrogen-bond acceptors (Lipinski definition) is 6. The number of fused-ring (bicyclic) bond motifs is 3. The fraction of sp³-hybridized carbons (Fsp3) is 0.0588. The molecule has 4 heterocycles. The summed E-state index contributed by atoms with van der Waals surface area (Å²) < 4.78 is 13.1. The Bertz CT molecular complexity index is 1280. The van der Waals surface area contributed by atoms with E-state index >= 15 is 0 Å². The van der Waals surface area contributed by atoms with Crippen LogP contribution >= 0.6 is 23.2 Å². The predicted octanol–water partition coefficient (Wildman–Crippen LogP) is 4.15. The van der Waals surface area contributed by atoms with Gasteiger partial charge in [-0.3, -0.25) is 5.10 Å². The molecule has 10 heteroatoms. The van der Waals surface area contributed by atoms with Crippen LogP contribution in [0.4, 0.5) is 0 Å². The van der Waals surface area contributed by atoms with E-state index in [1.165, 1.54) is 0 Å². The number of aromatic amines is 1. The van der Waals surface area contributed by atoms with Gasteiger partial charge in [-0.15, -0.1) is 5.10 Å². The molecule has 0 aliphatic rings. The van der Waals surface area contributed by atoms with Gasteiger partial charge in [0, 0.05) is 11.1 Å². The van der Waals surface area contributed by atoms with Crippen molar-refractivity contribution in [3.8, 4) is 17.3 Å². The molecule has 0 radical (unpaired) electrons. The Labute approximate surface area is 161 Å². The molecule has 0 saturated heterocycles. The Hall–Kier alpha value is -3.10. The zero-order valence-corrected chi connectivity index (χ0v) is 15.1. The molecule has 0 unspecified atom stereocenters. The standard InChI is InChI=1S/C17H10Cl2N6O2/c18-9-1-3-12(19)14(5-9)26-7-10-2-4-13(27-10)16-22-17-11-6-21-23-15(11)20-8-25(17)24-16/h1-6,8H,7H2,(H,21,23). The van der Waals surface area contributed by atoms with E-state index < -0.39 is 0 Å². The molecule has 134 valence electrons. The zero-order chi connectivity index (χ0) is 18.4. The van der Waals surface area contributed by atoms with Gasteiger partial charge >= 0.3 is 0 Å². The maximum absolute atomic E-state index is 6.10. The maximum Gasteiger partial charge on any atom is 0.217 e. The van der Waals surface area contributed by atoms with E-state index in [9.17, 15) is 0 Å². The molecule has 0 saturated carbocycles. The van der Waals surface area contributed by atoms with Crippen LogP contribution in [0, 0.1) is 0 Å². The number of halogens is 2. The van der Waals surface area contributed by atoms with Crippen molar-refractivity contribution in [3.05, 3.63) is 58.7 Å². The molecule has 27 heavy (non-hydrogen) atoms. The summed E-state index contributed by atoms with van der Waals surface area (Å²) in [6, 6.07) is 8.61. The summed E-state index contributed by atoms with van der Waals surface area (Å²) in [6.07, 6.45) is 3.23. The Balaban J connectivity index is 1.41. The molecule has 0 bridgehead atoms. The Morgan fingerprint density at radius 3 is 3.04 bits per heavy atom. The number of rotatable bonds is 4. The highest BCUT2D eigenvalue weighted by atomic mass is 35.5. The van der Waals surface area contributed by atoms with Crippen molar-refractivity contribution in [1.29, 1.82) is 0 Å². The third kappa shape index (κ3) is 2.88. The van der Waals surface area contributed by atoms with E-state index in [1.807, 2.05) is 0 Å². The second-order valence-electron chi connectivity index (χ2n) is 5.71. The number of aromatic nitrogens is 6. The number of furan rings is 1. The van der Waals surface area contributed by atoms with Crippen LogP contribution in [-0.2, 0) is 6.61 Å². The molecule has 5 aromatic rings. The van der Waals surface area contributed by atoms with E-state index in [4.69, 9.17) is 32.4 Å². The second-order valence-corrected chi connectivity index (χ2v) is 6.55. The quantitative estimate of drug-likeness (QED) is 0.486. The summed E-state index contributed by atoms with van der Waals surface area (Å²) in [5, 5.41) is 13.0. The third-order valence-electron chi connectivity index (χ3n) is 3.93.